The van der Waals surface area contributed by atoms with Crippen LogP contribution < -0.4 is 4.90 Å². The summed E-state index contributed by atoms with van der Waals surface area (Å²) in [4.78, 5) is 13.6. The molecule has 0 bridgehead atoms. The molecule has 5 nitrogen and oxygen atoms in total. The number of hydrogen-bond donors (Lipinski definition) is 0. The third-order valence-corrected chi connectivity index (χ3v) is 2.76. The van der Waals surface area contributed by atoms with E-state index < -0.39 is 0 Å². The van der Waals surface area contributed by atoms with Gasteiger partial charge in [-0.1, -0.05) is 0 Å². The number of hydrogen-bond acceptors (Lipinski definition) is 4. The van der Waals surface area contributed by atoms with Crippen LogP contribution in [0.15, 0.2) is 6.20 Å². The Morgan fingerprint density at radius 3 is 2.75 bits per heavy atom. The second-order valence-corrected chi connectivity index (χ2v) is 3.88. The van der Waals surface area contributed by atoms with Crippen molar-refractivity contribution < 1.29 is 9.53 Å². The lowest BCUT2D eigenvalue weighted by molar-refractivity contribution is 0.101. The maximum absolute atomic E-state index is 11.5. The van der Waals surface area contributed by atoms with Gasteiger partial charge in [-0.3, -0.25) is 9.48 Å². The summed E-state index contributed by atoms with van der Waals surface area (Å²) < 4.78 is 7.10. The first-order valence-electron chi connectivity index (χ1n) is 5.63. The molecule has 2 rings (SSSR count). The largest absolute Gasteiger partial charge is 0.378 e. The van der Waals surface area contributed by atoms with Crippen molar-refractivity contribution in [1.82, 2.24) is 9.78 Å². The zero-order valence-electron chi connectivity index (χ0n) is 9.77. The highest BCUT2D eigenvalue weighted by Gasteiger charge is 2.20. The molecule has 0 amide bonds. The van der Waals surface area contributed by atoms with Crippen molar-refractivity contribution >= 4 is 11.6 Å². The first-order chi connectivity index (χ1) is 7.72. The van der Waals surface area contributed by atoms with Gasteiger partial charge in [0.15, 0.2) is 11.6 Å². The number of anilines is 1. The molecule has 0 atom stereocenters. The number of morpholine rings is 1. The number of ketones is 1. The standard InChI is InChI=1S/C11H17N3O2/c1-3-14-8-10(9(2)15)11(12-14)13-4-6-16-7-5-13/h8H,3-7H2,1-2H3. The van der Waals surface area contributed by atoms with Crippen LogP contribution >= 0.6 is 0 Å². The second-order valence-electron chi connectivity index (χ2n) is 3.88. The SMILES string of the molecule is CCn1cc(C(C)=O)c(N2CCOCC2)n1. The molecule has 16 heavy (non-hydrogen) atoms. The summed E-state index contributed by atoms with van der Waals surface area (Å²) in [6.07, 6.45) is 1.83. The molecule has 0 saturated carbocycles. The minimum atomic E-state index is 0.0705. The summed E-state index contributed by atoms with van der Waals surface area (Å²) in [7, 11) is 0. The van der Waals surface area contributed by atoms with Crippen LogP contribution in [-0.4, -0.2) is 41.9 Å². The lowest BCUT2D eigenvalue weighted by atomic mass is 10.2. The first kappa shape index (κ1) is 11.1. The van der Waals surface area contributed by atoms with Crippen molar-refractivity contribution in [2.45, 2.75) is 20.4 Å². The van der Waals surface area contributed by atoms with Crippen molar-refractivity contribution in [3.63, 3.8) is 0 Å². The zero-order chi connectivity index (χ0) is 11.5. The van der Waals surface area contributed by atoms with Crippen LogP contribution in [0.4, 0.5) is 5.82 Å². The molecule has 1 aliphatic rings. The Balaban J connectivity index is 2.29. The maximum atomic E-state index is 11.5. The molecule has 2 heterocycles. The smallest absolute Gasteiger partial charge is 0.165 e. The quantitative estimate of drug-likeness (QED) is 0.716. The summed E-state index contributed by atoms with van der Waals surface area (Å²) >= 11 is 0. The van der Waals surface area contributed by atoms with Gasteiger partial charge in [0.05, 0.1) is 18.8 Å². The molecular weight excluding hydrogens is 206 g/mol. The van der Waals surface area contributed by atoms with E-state index in [1.54, 1.807) is 6.92 Å². The van der Waals surface area contributed by atoms with Gasteiger partial charge < -0.3 is 9.64 Å². The first-order valence-corrected chi connectivity index (χ1v) is 5.63. The number of ether oxygens (including phenoxy) is 1. The Bertz CT molecular complexity index is 381. The van der Waals surface area contributed by atoms with E-state index in [9.17, 15) is 4.79 Å². The van der Waals surface area contributed by atoms with Crippen LogP contribution in [0.2, 0.25) is 0 Å². The van der Waals surface area contributed by atoms with Gasteiger partial charge in [-0.15, -0.1) is 0 Å². The Kier molecular flexibility index (Phi) is 3.24. The molecule has 88 valence electrons. The number of Topliss-reactive ketones (excluding diaryl/α,β-unsaturated/α-hetero) is 1. The highest BCUT2D eigenvalue weighted by atomic mass is 16.5. The van der Waals surface area contributed by atoms with Crippen molar-refractivity contribution in [2.75, 3.05) is 31.2 Å². The zero-order valence-corrected chi connectivity index (χ0v) is 9.77. The Labute approximate surface area is 95.0 Å². The average molecular weight is 223 g/mol. The van der Waals surface area contributed by atoms with Crippen LogP contribution in [0.1, 0.15) is 24.2 Å². The minimum Gasteiger partial charge on any atom is -0.378 e. The minimum absolute atomic E-state index is 0.0705. The molecule has 5 heteroatoms. The molecule has 1 saturated heterocycles. The van der Waals surface area contributed by atoms with Crippen molar-refractivity contribution in [3.05, 3.63) is 11.8 Å². The van der Waals surface area contributed by atoms with Gasteiger partial charge in [-0.05, 0) is 13.8 Å². The van der Waals surface area contributed by atoms with Crippen LogP contribution in [-0.2, 0) is 11.3 Å². The predicted molar refractivity (Wildman–Crippen MR) is 60.9 cm³/mol. The van der Waals surface area contributed by atoms with E-state index in [0.717, 1.165) is 25.5 Å². The summed E-state index contributed by atoms with van der Waals surface area (Å²) in [6, 6.07) is 0. The summed E-state index contributed by atoms with van der Waals surface area (Å²) in [5, 5.41) is 4.44. The summed E-state index contributed by atoms with van der Waals surface area (Å²) in [5.74, 6) is 0.874. The topological polar surface area (TPSA) is 47.4 Å². The molecule has 1 fully saturated rings. The van der Waals surface area contributed by atoms with Gasteiger partial charge in [0, 0.05) is 25.8 Å². The normalized spacial score (nSPS) is 16.5. The third kappa shape index (κ3) is 2.09. The fourth-order valence-electron chi connectivity index (χ4n) is 1.83. The van der Waals surface area contributed by atoms with E-state index in [0.29, 0.717) is 18.8 Å². The van der Waals surface area contributed by atoms with Gasteiger partial charge in [-0.25, -0.2) is 0 Å². The maximum Gasteiger partial charge on any atom is 0.165 e. The van der Waals surface area contributed by atoms with Crippen LogP contribution in [0.3, 0.4) is 0 Å². The molecule has 1 aromatic heterocycles. The number of carbonyl (C=O) groups excluding carboxylic acids is 1. The lowest BCUT2D eigenvalue weighted by Crippen LogP contribution is -2.37. The number of rotatable bonds is 3. The molecule has 0 radical (unpaired) electrons. The second kappa shape index (κ2) is 4.65. The lowest BCUT2D eigenvalue weighted by Gasteiger charge is -2.27. The molecule has 1 aromatic rings. The van der Waals surface area contributed by atoms with E-state index in [-0.39, 0.29) is 5.78 Å². The van der Waals surface area contributed by atoms with Crippen LogP contribution in [0.5, 0.6) is 0 Å². The predicted octanol–water partition coefficient (Wildman–Crippen LogP) is 0.942. The van der Waals surface area contributed by atoms with Crippen molar-refractivity contribution in [3.8, 4) is 0 Å². The number of aromatic nitrogens is 2. The van der Waals surface area contributed by atoms with E-state index in [1.807, 2.05) is 17.8 Å². The van der Waals surface area contributed by atoms with Gasteiger partial charge >= 0.3 is 0 Å². The van der Waals surface area contributed by atoms with Gasteiger partial charge in [0.2, 0.25) is 0 Å². The monoisotopic (exact) mass is 223 g/mol. The highest BCUT2D eigenvalue weighted by Crippen LogP contribution is 2.20. The Morgan fingerprint density at radius 1 is 1.50 bits per heavy atom. The van der Waals surface area contributed by atoms with E-state index >= 15 is 0 Å². The molecular formula is C11H17N3O2. The fourth-order valence-corrected chi connectivity index (χ4v) is 1.83. The van der Waals surface area contributed by atoms with E-state index in [4.69, 9.17) is 4.74 Å². The number of aryl methyl sites for hydroxylation is 1. The molecule has 1 aliphatic heterocycles. The van der Waals surface area contributed by atoms with Gasteiger partial charge in [0.25, 0.3) is 0 Å². The number of carbonyl (C=O) groups is 1. The van der Waals surface area contributed by atoms with Crippen LogP contribution in [0, 0.1) is 0 Å². The molecule has 0 aliphatic carbocycles. The summed E-state index contributed by atoms with van der Waals surface area (Å²) in [5.41, 5.74) is 0.712. The average Bonchev–Trinajstić information content (AvgIpc) is 2.74. The van der Waals surface area contributed by atoms with E-state index in [2.05, 4.69) is 10.00 Å². The van der Waals surface area contributed by atoms with Gasteiger partial charge in [-0.2, -0.15) is 5.10 Å². The van der Waals surface area contributed by atoms with Crippen LogP contribution in [0.25, 0.3) is 0 Å². The Morgan fingerprint density at radius 2 is 2.19 bits per heavy atom. The molecule has 0 N–H and O–H groups in total. The van der Waals surface area contributed by atoms with Gasteiger partial charge in [0.1, 0.15) is 0 Å². The molecule has 0 spiro atoms. The highest BCUT2D eigenvalue weighted by molar-refractivity contribution is 5.98. The van der Waals surface area contributed by atoms with E-state index in [1.165, 1.54) is 0 Å². The third-order valence-electron chi connectivity index (χ3n) is 2.76. The fraction of sp³-hybridized carbons (Fsp3) is 0.636. The van der Waals surface area contributed by atoms with Crippen molar-refractivity contribution in [2.24, 2.45) is 0 Å². The molecule has 0 aromatic carbocycles. The molecule has 0 unspecified atom stereocenters. The Hall–Kier alpha value is -1.36. The number of nitrogens with zero attached hydrogens (tertiary/aromatic N) is 3. The summed E-state index contributed by atoms with van der Waals surface area (Å²) in [6.45, 7) is 7.40. The van der Waals surface area contributed by atoms with Crippen molar-refractivity contribution in [1.29, 1.82) is 0 Å².